The number of hydrogen-bond acceptors (Lipinski definition) is 3. The molecule has 3 aromatic carbocycles. The van der Waals surface area contributed by atoms with Crippen molar-refractivity contribution in [3.8, 4) is 0 Å². The summed E-state index contributed by atoms with van der Waals surface area (Å²) < 4.78 is 0. The van der Waals surface area contributed by atoms with Crippen LogP contribution in [-0.4, -0.2) is 30.6 Å². The van der Waals surface area contributed by atoms with Crippen LogP contribution in [0.4, 0.5) is 5.69 Å². The van der Waals surface area contributed by atoms with Crippen LogP contribution in [0, 0.1) is 0 Å². The van der Waals surface area contributed by atoms with E-state index in [1.54, 1.807) is 0 Å². The zero-order valence-corrected chi connectivity index (χ0v) is 14.8. The highest BCUT2D eigenvalue weighted by Gasteiger charge is 2.22. The third-order valence-electron chi connectivity index (χ3n) is 4.68. The van der Waals surface area contributed by atoms with Crippen LogP contribution in [0.5, 0.6) is 0 Å². The van der Waals surface area contributed by atoms with Gasteiger partial charge in [-0.2, -0.15) is 0 Å². The van der Waals surface area contributed by atoms with E-state index in [2.05, 4.69) is 94.7 Å². The van der Waals surface area contributed by atoms with Crippen molar-refractivity contribution < 1.29 is 0 Å². The van der Waals surface area contributed by atoms with E-state index in [9.17, 15) is 0 Å². The Balaban J connectivity index is 1.55. The molecule has 3 aromatic rings. The number of hydrogen-bond donors (Lipinski definition) is 0. The van der Waals surface area contributed by atoms with E-state index >= 15 is 0 Å². The molecule has 0 spiro atoms. The predicted octanol–water partition coefficient (Wildman–Crippen LogP) is 4.41. The molecule has 0 atom stereocenters. The maximum absolute atomic E-state index is 4.92. The number of nitrogens with zero attached hydrogens (tertiary/aromatic N) is 3. The Morgan fingerprint density at radius 3 is 2.04 bits per heavy atom. The summed E-state index contributed by atoms with van der Waals surface area (Å²) in [5, 5.41) is 0. The van der Waals surface area contributed by atoms with Crippen molar-refractivity contribution >= 4 is 11.5 Å². The number of aliphatic imine (C=N–C) groups is 1. The molecule has 130 valence electrons. The van der Waals surface area contributed by atoms with Crippen LogP contribution in [0.15, 0.2) is 96.0 Å². The minimum absolute atomic E-state index is 0.737. The molecular weight excluding hydrogens is 318 g/mol. The smallest absolute Gasteiger partial charge is 0.137 e. The van der Waals surface area contributed by atoms with Gasteiger partial charge in [-0.1, -0.05) is 78.9 Å². The number of anilines is 1. The van der Waals surface area contributed by atoms with Gasteiger partial charge in [-0.25, -0.2) is 0 Å². The molecule has 0 saturated heterocycles. The van der Waals surface area contributed by atoms with Crippen LogP contribution in [0.25, 0.3) is 0 Å². The van der Waals surface area contributed by atoms with Crippen LogP contribution in [-0.2, 0) is 6.42 Å². The topological polar surface area (TPSA) is 18.8 Å². The van der Waals surface area contributed by atoms with Gasteiger partial charge in [0, 0.05) is 17.8 Å². The van der Waals surface area contributed by atoms with E-state index in [-0.39, 0.29) is 0 Å². The molecule has 0 amide bonds. The average molecular weight is 341 g/mol. The van der Waals surface area contributed by atoms with E-state index in [0.29, 0.717) is 0 Å². The Bertz CT molecular complexity index is 844. The Kier molecular flexibility index (Phi) is 5.08. The average Bonchev–Trinajstić information content (AvgIpc) is 2.74. The fraction of sp³-hybridized carbons (Fsp3) is 0.174. The first kappa shape index (κ1) is 16.6. The third-order valence-corrected chi connectivity index (χ3v) is 4.68. The van der Waals surface area contributed by atoms with Gasteiger partial charge in [-0.3, -0.25) is 9.89 Å². The molecule has 0 bridgehead atoms. The number of para-hydroxylation sites is 1. The van der Waals surface area contributed by atoms with Gasteiger partial charge in [0.2, 0.25) is 0 Å². The molecule has 0 fully saturated rings. The summed E-state index contributed by atoms with van der Waals surface area (Å²) in [4.78, 5) is 9.62. The van der Waals surface area contributed by atoms with Gasteiger partial charge in [-0.05, 0) is 24.1 Å². The van der Waals surface area contributed by atoms with E-state index < -0.39 is 0 Å². The third kappa shape index (κ3) is 3.84. The zero-order chi connectivity index (χ0) is 17.6. The Morgan fingerprint density at radius 2 is 1.35 bits per heavy atom. The lowest BCUT2D eigenvalue weighted by atomic mass is 10.1. The van der Waals surface area contributed by atoms with Gasteiger partial charge < -0.3 is 4.90 Å². The second-order valence-electron chi connectivity index (χ2n) is 6.52. The zero-order valence-electron chi connectivity index (χ0n) is 14.8. The van der Waals surface area contributed by atoms with Crippen molar-refractivity contribution in [3.05, 3.63) is 102 Å². The number of rotatable bonds is 5. The first-order valence-corrected chi connectivity index (χ1v) is 9.09. The molecule has 0 saturated carbocycles. The summed E-state index contributed by atoms with van der Waals surface area (Å²) in [7, 11) is 0. The monoisotopic (exact) mass is 341 g/mol. The molecule has 1 aliphatic heterocycles. The van der Waals surface area contributed by atoms with Crippen LogP contribution >= 0.6 is 0 Å². The highest BCUT2D eigenvalue weighted by Crippen LogP contribution is 2.21. The highest BCUT2D eigenvalue weighted by atomic mass is 15.4. The predicted molar refractivity (Wildman–Crippen MR) is 108 cm³/mol. The fourth-order valence-electron chi connectivity index (χ4n) is 3.28. The fourth-order valence-corrected chi connectivity index (χ4v) is 3.28. The van der Waals surface area contributed by atoms with Crippen molar-refractivity contribution in [1.29, 1.82) is 0 Å². The summed E-state index contributed by atoms with van der Waals surface area (Å²) in [6.07, 6.45) is 1.04. The molecule has 3 heteroatoms. The second kappa shape index (κ2) is 7.98. The first-order chi connectivity index (χ1) is 12.9. The molecule has 0 aromatic heterocycles. The number of amidine groups is 1. The molecule has 0 radical (unpaired) electrons. The molecule has 0 aliphatic carbocycles. The molecule has 1 aliphatic rings. The van der Waals surface area contributed by atoms with Gasteiger partial charge >= 0.3 is 0 Å². The van der Waals surface area contributed by atoms with Crippen LogP contribution in [0.1, 0.15) is 11.1 Å². The van der Waals surface area contributed by atoms with Crippen LogP contribution in [0.3, 0.4) is 0 Å². The van der Waals surface area contributed by atoms with Crippen molar-refractivity contribution in [2.24, 2.45) is 4.99 Å². The van der Waals surface area contributed by atoms with Crippen molar-refractivity contribution in [2.45, 2.75) is 6.42 Å². The Morgan fingerprint density at radius 1 is 0.731 bits per heavy atom. The van der Waals surface area contributed by atoms with E-state index in [4.69, 9.17) is 4.99 Å². The standard InChI is InChI=1S/C23H23N3/c1-4-10-20(11-5-1)16-17-25-18-24-23(21-12-6-2-7-13-21)26(19-25)22-14-8-3-9-15-22/h1-15H,16-19H2. The van der Waals surface area contributed by atoms with Gasteiger partial charge in [0.25, 0.3) is 0 Å². The second-order valence-corrected chi connectivity index (χ2v) is 6.52. The largest absolute Gasteiger partial charge is 0.313 e. The molecule has 0 unspecified atom stereocenters. The maximum Gasteiger partial charge on any atom is 0.137 e. The normalized spacial score (nSPS) is 14.9. The summed E-state index contributed by atoms with van der Waals surface area (Å²) in [6.45, 7) is 2.59. The lowest BCUT2D eigenvalue weighted by molar-refractivity contribution is 0.285. The van der Waals surface area contributed by atoms with Crippen molar-refractivity contribution in [2.75, 3.05) is 24.8 Å². The Hall–Kier alpha value is -2.91. The summed E-state index contributed by atoms with van der Waals surface area (Å²) in [6, 6.07) is 31.6. The van der Waals surface area contributed by atoms with Gasteiger partial charge in [-0.15, -0.1) is 0 Å². The van der Waals surface area contributed by atoms with Gasteiger partial charge in [0.05, 0.1) is 13.3 Å². The summed E-state index contributed by atoms with van der Waals surface area (Å²) in [5.74, 6) is 1.05. The van der Waals surface area contributed by atoms with Gasteiger partial charge in [0.15, 0.2) is 0 Å². The first-order valence-electron chi connectivity index (χ1n) is 9.09. The van der Waals surface area contributed by atoms with Crippen molar-refractivity contribution in [1.82, 2.24) is 4.90 Å². The molecular formula is C23H23N3. The molecule has 26 heavy (non-hydrogen) atoms. The van der Waals surface area contributed by atoms with E-state index in [1.807, 2.05) is 6.07 Å². The maximum atomic E-state index is 4.92. The van der Waals surface area contributed by atoms with Crippen molar-refractivity contribution in [3.63, 3.8) is 0 Å². The highest BCUT2D eigenvalue weighted by molar-refractivity contribution is 6.10. The minimum atomic E-state index is 0.737. The summed E-state index contributed by atoms with van der Waals surface area (Å²) in [5.41, 5.74) is 3.72. The molecule has 0 N–H and O–H groups in total. The van der Waals surface area contributed by atoms with Gasteiger partial charge in [0.1, 0.15) is 5.84 Å². The SMILES string of the molecule is c1ccc(CCN2CN=C(c3ccccc3)N(c3ccccc3)C2)cc1. The number of benzene rings is 3. The Labute approximate surface area is 155 Å². The van der Waals surface area contributed by atoms with E-state index in [1.165, 1.54) is 16.8 Å². The quantitative estimate of drug-likeness (QED) is 0.684. The molecule has 4 rings (SSSR count). The van der Waals surface area contributed by atoms with E-state index in [0.717, 1.165) is 32.1 Å². The molecule has 3 nitrogen and oxygen atoms in total. The lowest BCUT2D eigenvalue weighted by Gasteiger charge is -2.36. The minimum Gasteiger partial charge on any atom is -0.313 e. The summed E-state index contributed by atoms with van der Waals surface area (Å²) >= 11 is 0. The van der Waals surface area contributed by atoms with Crippen LogP contribution in [0.2, 0.25) is 0 Å². The molecule has 1 heterocycles. The lowest BCUT2D eigenvalue weighted by Crippen LogP contribution is -2.47. The van der Waals surface area contributed by atoms with Crippen LogP contribution < -0.4 is 4.90 Å².